The van der Waals surface area contributed by atoms with Crippen LogP contribution in [0.3, 0.4) is 0 Å². The molecule has 1 aromatic carbocycles. The maximum atomic E-state index is 12.5. The third-order valence-corrected chi connectivity index (χ3v) is 5.45. The Labute approximate surface area is 165 Å². The van der Waals surface area contributed by atoms with E-state index in [9.17, 15) is 4.79 Å². The highest BCUT2D eigenvalue weighted by atomic mass is 79.9. The van der Waals surface area contributed by atoms with E-state index in [2.05, 4.69) is 31.4 Å². The summed E-state index contributed by atoms with van der Waals surface area (Å²) in [5.41, 5.74) is 4.22. The number of halogens is 2. The van der Waals surface area contributed by atoms with Crippen LogP contribution in [0.5, 0.6) is 0 Å². The molecule has 0 bridgehead atoms. The molecule has 0 fully saturated rings. The molecule has 2 heterocycles. The van der Waals surface area contributed by atoms with Gasteiger partial charge in [0.2, 0.25) is 0 Å². The lowest BCUT2D eigenvalue weighted by Gasteiger charge is -2.09. The summed E-state index contributed by atoms with van der Waals surface area (Å²) in [5.74, 6) is -0.133. The highest BCUT2D eigenvalue weighted by Crippen LogP contribution is 2.20. The number of nitrogens with zero attached hydrogens (tertiary/aromatic N) is 4. The van der Waals surface area contributed by atoms with Crippen molar-refractivity contribution in [2.45, 2.75) is 26.9 Å². The molecule has 6 nitrogen and oxygen atoms in total. The Bertz CT molecular complexity index is 943. The molecule has 1 N–H and O–H groups in total. The van der Waals surface area contributed by atoms with Crippen LogP contribution in [0.4, 0.5) is 0 Å². The quantitative estimate of drug-likeness (QED) is 0.664. The molecule has 2 aromatic heterocycles. The molecule has 0 aliphatic carbocycles. The van der Waals surface area contributed by atoms with Gasteiger partial charge in [-0.2, -0.15) is 10.2 Å². The van der Waals surface area contributed by atoms with Crippen LogP contribution in [-0.4, -0.2) is 25.5 Å². The lowest BCUT2D eigenvalue weighted by Crippen LogP contribution is -2.24. The Morgan fingerprint density at radius 1 is 1.35 bits per heavy atom. The monoisotopic (exact) mass is 435 g/mol. The molecule has 8 heteroatoms. The molecule has 3 aromatic rings. The largest absolute Gasteiger partial charge is 0.346 e. The standard InChI is InChI=1S/C18H19BrClN5O/c1-11-17(20)12(2)25(23-11)10-13-5-4-6-14(7-13)18(26)21-9-16-15(19)8-22-24(16)3/h4-8H,9-10H2,1-3H3,(H,21,26). The molecule has 0 radical (unpaired) electrons. The Hall–Kier alpha value is -2.12. The van der Waals surface area contributed by atoms with Crippen LogP contribution in [0.15, 0.2) is 34.9 Å². The number of aryl methyl sites for hydroxylation is 2. The van der Waals surface area contributed by atoms with Gasteiger partial charge < -0.3 is 5.32 Å². The third kappa shape index (κ3) is 3.83. The predicted octanol–water partition coefficient (Wildman–Crippen LogP) is 3.63. The fourth-order valence-corrected chi connectivity index (χ4v) is 3.34. The second-order valence-corrected chi connectivity index (χ2v) is 7.32. The van der Waals surface area contributed by atoms with Crippen LogP contribution < -0.4 is 5.32 Å². The number of carbonyl (C=O) groups excluding carboxylic acids is 1. The van der Waals surface area contributed by atoms with E-state index in [4.69, 9.17) is 11.6 Å². The van der Waals surface area contributed by atoms with Gasteiger partial charge >= 0.3 is 0 Å². The zero-order chi connectivity index (χ0) is 18.8. The van der Waals surface area contributed by atoms with Crippen molar-refractivity contribution in [2.75, 3.05) is 0 Å². The molecule has 0 saturated carbocycles. The number of carbonyl (C=O) groups is 1. The second-order valence-electron chi connectivity index (χ2n) is 6.09. The first-order chi connectivity index (χ1) is 12.4. The van der Waals surface area contributed by atoms with E-state index in [1.54, 1.807) is 16.9 Å². The van der Waals surface area contributed by atoms with Crippen molar-refractivity contribution in [3.05, 3.63) is 68.2 Å². The first-order valence-corrected chi connectivity index (χ1v) is 9.27. The Kier molecular flexibility index (Phi) is 5.48. The fraction of sp³-hybridized carbons (Fsp3) is 0.278. The number of nitrogens with one attached hydrogen (secondary N) is 1. The van der Waals surface area contributed by atoms with Gasteiger partial charge in [0, 0.05) is 12.6 Å². The summed E-state index contributed by atoms with van der Waals surface area (Å²) in [6.07, 6.45) is 1.71. The molecule has 0 aliphatic heterocycles. The van der Waals surface area contributed by atoms with Gasteiger partial charge in [0.25, 0.3) is 5.91 Å². The van der Waals surface area contributed by atoms with Gasteiger partial charge in [-0.1, -0.05) is 23.7 Å². The van der Waals surface area contributed by atoms with E-state index in [0.29, 0.717) is 23.7 Å². The molecule has 0 unspecified atom stereocenters. The summed E-state index contributed by atoms with van der Waals surface area (Å²) in [4.78, 5) is 12.5. The molecule has 3 rings (SSSR count). The van der Waals surface area contributed by atoms with Gasteiger partial charge in [0.05, 0.1) is 45.9 Å². The molecule has 0 atom stereocenters. The number of amides is 1. The van der Waals surface area contributed by atoms with Crippen molar-refractivity contribution in [3.8, 4) is 0 Å². The van der Waals surface area contributed by atoms with Gasteiger partial charge in [0.15, 0.2) is 0 Å². The first kappa shape index (κ1) is 18.7. The minimum atomic E-state index is -0.133. The Morgan fingerprint density at radius 2 is 2.12 bits per heavy atom. The normalized spacial score (nSPS) is 11.0. The number of hydrogen-bond acceptors (Lipinski definition) is 3. The van der Waals surface area contributed by atoms with Crippen molar-refractivity contribution in [1.29, 1.82) is 0 Å². The summed E-state index contributed by atoms with van der Waals surface area (Å²) in [6.45, 7) is 4.78. The minimum Gasteiger partial charge on any atom is -0.346 e. The summed E-state index contributed by atoms with van der Waals surface area (Å²) < 4.78 is 4.45. The Balaban J connectivity index is 1.72. The molecular formula is C18H19BrClN5O. The fourth-order valence-electron chi connectivity index (χ4n) is 2.71. The molecule has 26 heavy (non-hydrogen) atoms. The van der Waals surface area contributed by atoms with Crippen LogP contribution in [0, 0.1) is 13.8 Å². The zero-order valence-electron chi connectivity index (χ0n) is 14.8. The van der Waals surface area contributed by atoms with Crippen LogP contribution >= 0.6 is 27.5 Å². The van der Waals surface area contributed by atoms with E-state index >= 15 is 0 Å². The number of benzene rings is 1. The van der Waals surface area contributed by atoms with Gasteiger partial charge in [0.1, 0.15) is 0 Å². The topological polar surface area (TPSA) is 64.7 Å². The summed E-state index contributed by atoms with van der Waals surface area (Å²) in [7, 11) is 1.84. The van der Waals surface area contributed by atoms with Crippen molar-refractivity contribution in [2.24, 2.45) is 7.05 Å². The maximum Gasteiger partial charge on any atom is 0.251 e. The van der Waals surface area contributed by atoms with Crippen molar-refractivity contribution < 1.29 is 4.79 Å². The average Bonchev–Trinajstić information content (AvgIpc) is 3.07. The molecule has 0 aliphatic rings. The van der Waals surface area contributed by atoms with Gasteiger partial charge in [-0.05, 0) is 47.5 Å². The van der Waals surface area contributed by atoms with Crippen LogP contribution in [-0.2, 0) is 20.1 Å². The van der Waals surface area contributed by atoms with E-state index in [-0.39, 0.29) is 5.91 Å². The Morgan fingerprint density at radius 3 is 2.73 bits per heavy atom. The zero-order valence-corrected chi connectivity index (χ0v) is 17.1. The smallest absolute Gasteiger partial charge is 0.251 e. The van der Waals surface area contributed by atoms with Crippen LogP contribution in [0.2, 0.25) is 5.02 Å². The lowest BCUT2D eigenvalue weighted by molar-refractivity contribution is 0.0950. The highest BCUT2D eigenvalue weighted by molar-refractivity contribution is 9.10. The van der Waals surface area contributed by atoms with E-state index in [1.165, 1.54) is 0 Å². The molecule has 0 spiro atoms. The van der Waals surface area contributed by atoms with Gasteiger partial charge in [-0.15, -0.1) is 0 Å². The minimum absolute atomic E-state index is 0.133. The number of aromatic nitrogens is 4. The van der Waals surface area contributed by atoms with E-state index in [0.717, 1.165) is 27.1 Å². The van der Waals surface area contributed by atoms with Gasteiger partial charge in [-0.25, -0.2) is 0 Å². The van der Waals surface area contributed by atoms with Crippen molar-refractivity contribution >= 4 is 33.4 Å². The predicted molar refractivity (Wildman–Crippen MR) is 104 cm³/mol. The van der Waals surface area contributed by atoms with Crippen molar-refractivity contribution in [3.63, 3.8) is 0 Å². The summed E-state index contributed by atoms with van der Waals surface area (Å²) >= 11 is 9.64. The van der Waals surface area contributed by atoms with Crippen LogP contribution in [0.1, 0.15) is 33.0 Å². The maximum absolute atomic E-state index is 12.5. The summed E-state index contributed by atoms with van der Waals surface area (Å²) in [6, 6.07) is 7.51. The van der Waals surface area contributed by atoms with Gasteiger partial charge in [-0.3, -0.25) is 14.2 Å². The van der Waals surface area contributed by atoms with E-state index in [1.807, 2.05) is 43.8 Å². The number of hydrogen-bond donors (Lipinski definition) is 1. The molecule has 0 saturated heterocycles. The molecular weight excluding hydrogens is 418 g/mol. The van der Waals surface area contributed by atoms with E-state index < -0.39 is 0 Å². The third-order valence-electron chi connectivity index (χ3n) is 4.24. The van der Waals surface area contributed by atoms with Crippen LogP contribution in [0.25, 0.3) is 0 Å². The highest BCUT2D eigenvalue weighted by Gasteiger charge is 2.12. The SMILES string of the molecule is Cc1nn(Cc2cccc(C(=O)NCc3c(Br)cnn3C)c2)c(C)c1Cl. The van der Waals surface area contributed by atoms with Crippen molar-refractivity contribution in [1.82, 2.24) is 24.9 Å². The molecule has 1 amide bonds. The average molecular weight is 437 g/mol. The second kappa shape index (κ2) is 7.63. The first-order valence-electron chi connectivity index (χ1n) is 8.10. The molecule has 136 valence electrons. The summed E-state index contributed by atoms with van der Waals surface area (Å²) in [5, 5.41) is 12.2. The number of rotatable bonds is 5. The lowest BCUT2D eigenvalue weighted by atomic mass is 10.1.